The van der Waals surface area contributed by atoms with Crippen molar-refractivity contribution in [3.63, 3.8) is 0 Å². The highest BCUT2D eigenvalue weighted by atomic mass is 32.2. The molecule has 0 aromatic rings. The zero-order valence-corrected chi connectivity index (χ0v) is 26.8. The summed E-state index contributed by atoms with van der Waals surface area (Å²) in [4.78, 5) is 12.4. The molecule has 0 saturated heterocycles. The number of carbonyl (C=O) groups is 1. The van der Waals surface area contributed by atoms with Gasteiger partial charge in [0.05, 0.1) is 17.9 Å². The molecule has 7 heteroatoms. The molecule has 0 saturated carbocycles. The van der Waals surface area contributed by atoms with Gasteiger partial charge in [-0.05, 0) is 44.9 Å². The Hall–Kier alpha value is -1.18. The fourth-order valence-electron chi connectivity index (χ4n) is 4.89. The molecule has 0 rings (SSSR count). The Morgan fingerprint density at radius 3 is 1.65 bits per heavy atom. The normalized spacial score (nSPS) is 13.8. The van der Waals surface area contributed by atoms with Crippen molar-refractivity contribution in [3.8, 4) is 0 Å². The highest BCUT2D eigenvalue weighted by molar-refractivity contribution is 7.85. The Kier molecular flexibility index (Phi) is 27.1. The molecule has 0 spiro atoms. The maximum absolute atomic E-state index is 12.4. The molecule has 0 radical (unpaired) electrons. The van der Waals surface area contributed by atoms with E-state index in [4.69, 9.17) is 0 Å². The molecule has 0 bridgehead atoms. The predicted octanol–water partition coefficient (Wildman–Crippen LogP) is 8.84. The third-order valence-electron chi connectivity index (χ3n) is 7.41. The van der Waals surface area contributed by atoms with Gasteiger partial charge in [0.1, 0.15) is 0 Å². The molecule has 2 unspecified atom stereocenters. The number of rotatable bonds is 29. The molecule has 1 amide bonds. The van der Waals surface area contributed by atoms with Crippen LogP contribution in [-0.4, -0.2) is 41.9 Å². The smallest absolute Gasteiger partial charge is 0.266 e. The summed E-state index contributed by atoms with van der Waals surface area (Å²) in [5.41, 5.74) is 0. The standard InChI is InChI=1S/C33H63NO5S/c1-3-5-7-9-11-13-14-15-16-17-18-19-21-23-25-27-29-33(36)34-31(30-40(37,38)39)32(35)28-26-24-22-20-12-10-8-6-4-2/h13-14,16-17,31-32,35H,3-12,15,18-30H2,1-2H3,(H,34,36)(H,37,38,39)/b14-13-,17-16-. The van der Waals surface area contributed by atoms with Crippen LogP contribution in [0.5, 0.6) is 0 Å². The van der Waals surface area contributed by atoms with Gasteiger partial charge in [0, 0.05) is 6.42 Å². The number of hydrogen-bond acceptors (Lipinski definition) is 4. The maximum Gasteiger partial charge on any atom is 0.266 e. The summed E-state index contributed by atoms with van der Waals surface area (Å²) in [6.07, 6.45) is 32.7. The van der Waals surface area contributed by atoms with Crippen molar-refractivity contribution in [2.24, 2.45) is 0 Å². The first-order valence-corrected chi connectivity index (χ1v) is 18.1. The van der Waals surface area contributed by atoms with Crippen molar-refractivity contribution >= 4 is 16.0 Å². The van der Waals surface area contributed by atoms with E-state index in [1.807, 2.05) is 0 Å². The number of aliphatic hydroxyl groups is 1. The van der Waals surface area contributed by atoms with E-state index in [-0.39, 0.29) is 5.91 Å². The van der Waals surface area contributed by atoms with Gasteiger partial charge in [-0.2, -0.15) is 8.42 Å². The van der Waals surface area contributed by atoms with Gasteiger partial charge < -0.3 is 10.4 Å². The Morgan fingerprint density at radius 1 is 0.675 bits per heavy atom. The third-order valence-corrected chi connectivity index (χ3v) is 8.19. The second kappa shape index (κ2) is 28.0. The van der Waals surface area contributed by atoms with Crippen molar-refractivity contribution in [2.75, 3.05) is 5.75 Å². The van der Waals surface area contributed by atoms with Gasteiger partial charge in [-0.3, -0.25) is 9.35 Å². The van der Waals surface area contributed by atoms with Crippen LogP contribution < -0.4 is 5.32 Å². The number of amides is 1. The van der Waals surface area contributed by atoms with Crippen LogP contribution in [-0.2, 0) is 14.9 Å². The van der Waals surface area contributed by atoms with Crippen LogP contribution in [0.3, 0.4) is 0 Å². The lowest BCUT2D eigenvalue weighted by Gasteiger charge is -2.23. The summed E-state index contributed by atoms with van der Waals surface area (Å²) in [7, 11) is -4.30. The third kappa shape index (κ3) is 28.4. The van der Waals surface area contributed by atoms with Gasteiger partial charge in [-0.25, -0.2) is 0 Å². The van der Waals surface area contributed by atoms with Gasteiger partial charge in [-0.15, -0.1) is 0 Å². The first kappa shape index (κ1) is 38.8. The molecule has 0 aliphatic rings. The SMILES string of the molecule is CCCCCC/C=C\C/C=C\CCCCCCCC(=O)NC(CS(=O)(=O)O)C(O)CCCCCCCCCCC. The highest BCUT2D eigenvalue weighted by Crippen LogP contribution is 2.14. The number of carbonyl (C=O) groups excluding carboxylic acids is 1. The summed E-state index contributed by atoms with van der Waals surface area (Å²) in [5, 5.41) is 13.2. The molecule has 0 aliphatic heterocycles. The van der Waals surface area contributed by atoms with Crippen molar-refractivity contribution in [2.45, 2.75) is 174 Å². The molecule has 6 nitrogen and oxygen atoms in total. The maximum atomic E-state index is 12.4. The second-order valence-corrected chi connectivity index (χ2v) is 12.9. The van der Waals surface area contributed by atoms with E-state index in [2.05, 4.69) is 43.5 Å². The van der Waals surface area contributed by atoms with E-state index >= 15 is 0 Å². The molecular weight excluding hydrogens is 522 g/mol. The van der Waals surface area contributed by atoms with Gasteiger partial charge in [0.15, 0.2) is 0 Å². The predicted molar refractivity (Wildman–Crippen MR) is 170 cm³/mol. The summed E-state index contributed by atoms with van der Waals surface area (Å²) < 4.78 is 32.2. The number of nitrogens with one attached hydrogen (secondary N) is 1. The minimum absolute atomic E-state index is 0.263. The van der Waals surface area contributed by atoms with Gasteiger partial charge in [0.2, 0.25) is 5.91 Å². The minimum Gasteiger partial charge on any atom is -0.391 e. The second-order valence-electron chi connectivity index (χ2n) is 11.4. The molecule has 0 heterocycles. The first-order chi connectivity index (χ1) is 19.3. The Labute approximate surface area is 247 Å². The first-order valence-electron chi connectivity index (χ1n) is 16.5. The monoisotopic (exact) mass is 585 g/mol. The summed E-state index contributed by atoms with van der Waals surface area (Å²) in [6.45, 7) is 4.45. The van der Waals surface area contributed by atoms with Crippen molar-refractivity contribution in [3.05, 3.63) is 24.3 Å². The van der Waals surface area contributed by atoms with E-state index in [0.29, 0.717) is 12.8 Å². The van der Waals surface area contributed by atoms with Gasteiger partial charge in [0.25, 0.3) is 10.1 Å². The quantitative estimate of drug-likeness (QED) is 0.0462. The molecule has 40 heavy (non-hydrogen) atoms. The highest BCUT2D eigenvalue weighted by Gasteiger charge is 2.26. The van der Waals surface area contributed by atoms with Crippen LogP contribution in [0.4, 0.5) is 0 Å². The van der Waals surface area contributed by atoms with Crippen LogP contribution in [0.25, 0.3) is 0 Å². The van der Waals surface area contributed by atoms with E-state index in [1.165, 1.54) is 70.6 Å². The fourth-order valence-corrected chi connectivity index (χ4v) is 5.65. The average molecular weight is 586 g/mol. The molecule has 0 aromatic carbocycles. The van der Waals surface area contributed by atoms with E-state index < -0.39 is 28.0 Å². The lowest BCUT2D eigenvalue weighted by Crippen LogP contribution is -2.47. The number of unbranched alkanes of at least 4 members (excludes halogenated alkanes) is 17. The van der Waals surface area contributed by atoms with Gasteiger partial charge in [-0.1, -0.05) is 134 Å². The van der Waals surface area contributed by atoms with Gasteiger partial charge >= 0.3 is 0 Å². The Bertz CT molecular complexity index is 735. The van der Waals surface area contributed by atoms with Crippen LogP contribution in [0, 0.1) is 0 Å². The fraction of sp³-hybridized carbons (Fsp3) is 0.848. The molecule has 0 fully saturated rings. The molecule has 0 aliphatic carbocycles. The van der Waals surface area contributed by atoms with Crippen LogP contribution in [0.15, 0.2) is 24.3 Å². The Balaban J connectivity index is 3.98. The lowest BCUT2D eigenvalue weighted by molar-refractivity contribution is -0.122. The summed E-state index contributed by atoms with van der Waals surface area (Å²) in [6, 6.07) is -0.973. The summed E-state index contributed by atoms with van der Waals surface area (Å²) >= 11 is 0. The zero-order valence-electron chi connectivity index (χ0n) is 26.0. The number of aliphatic hydroxyl groups excluding tert-OH is 1. The molecule has 236 valence electrons. The van der Waals surface area contributed by atoms with Crippen LogP contribution >= 0.6 is 0 Å². The van der Waals surface area contributed by atoms with Crippen molar-refractivity contribution in [1.29, 1.82) is 0 Å². The van der Waals surface area contributed by atoms with E-state index in [0.717, 1.165) is 64.2 Å². The number of hydrogen-bond donors (Lipinski definition) is 3. The van der Waals surface area contributed by atoms with Crippen molar-refractivity contribution in [1.82, 2.24) is 5.32 Å². The molecular formula is C33H63NO5S. The molecule has 0 aromatic heterocycles. The Morgan fingerprint density at radius 2 is 1.12 bits per heavy atom. The molecule has 3 N–H and O–H groups in total. The van der Waals surface area contributed by atoms with E-state index in [1.54, 1.807) is 0 Å². The number of allylic oxidation sites excluding steroid dienone is 4. The van der Waals surface area contributed by atoms with Crippen LogP contribution in [0.2, 0.25) is 0 Å². The average Bonchev–Trinajstić information content (AvgIpc) is 2.90. The van der Waals surface area contributed by atoms with E-state index in [9.17, 15) is 22.9 Å². The lowest BCUT2D eigenvalue weighted by atomic mass is 10.0. The topological polar surface area (TPSA) is 104 Å². The van der Waals surface area contributed by atoms with Crippen LogP contribution in [0.1, 0.15) is 162 Å². The molecule has 2 atom stereocenters. The largest absolute Gasteiger partial charge is 0.391 e. The minimum atomic E-state index is -4.30. The van der Waals surface area contributed by atoms with Crippen molar-refractivity contribution < 1.29 is 22.9 Å². The zero-order chi connectivity index (χ0) is 29.7. The summed E-state index contributed by atoms with van der Waals surface area (Å²) in [5.74, 6) is -0.916.